The molecule has 1 aromatic carbocycles. The lowest BCUT2D eigenvalue weighted by atomic mass is 10.1. The molecule has 1 saturated heterocycles. The summed E-state index contributed by atoms with van der Waals surface area (Å²) < 4.78 is 16.9. The van der Waals surface area contributed by atoms with Crippen LogP contribution in [0.4, 0.5) is 4.39 Å². The molecule has 1 aliphatic heterocycles. The van der Waals surface area contributed by atoms with E-state index in [9.17, 15) is 4.39 Å². The van der Waals surface area contributed by atoms with Gasteiger partial charge < -0.3 is 9.88 Å². The highest BCUT2D eigenvalue weighted by atomic mass is 79.9. The lowest BCUT2D eigenvalue weighted by Crippen LogP contribution is -2.46. The third kappa shape index (κ3) is 3.02. The minimum Gasteiger partial charge on any atom is -0.337 e. The minimum atomic E-state index is -0.165. The van der Waals surface area contributed by atoms with Crippen molar-refractivity contribution in [2.45, 2.75) is 12.6 Å². The summed E-state index contributed by atoms with van der Waals surface area (Å²) in [5.74, 6) is 0.844. The van der Waals surface area contributed by atoms with E-state index in [0.717, 1.165) is 29.9 Å². The van der Waals surface area contributed by atoms with Crippen LogP contribution < -0.4 is 5.32 Å². The Labute approximate surface area is 132 Å². The fraction of sp³-hybridized carbons (Fsp3) is 0.400. The minimum absolute atomic E-state index is 0.158. The van der Waals surface area contributed by atoms with Crippen LogP contribution in [-0.2, 0) is 13.6 Å². The van der Waals surface area contributed by atoms with Crippen molar-refractivity contribution in [1.82, 2.24) is 19.8 Å². The van der Waals surface area contributed by atoms with E-state index in [1.165, 1.54) is 6.07 Å². The highest BCUT2D eigenvalue weighted by molar-refractivity contribution is 9.10. The fourth-order valence-corrected chi connectivity index (χ4v) is 3.24. The van der Waals surface area contributed by atoms with Gasteiger partial charge in [0.15, 0.2) is 0 Å². The number of nitrogens with one attached hydrogen (secondary N) is 1. The monoisotopic (exact) mass is 352 g/mol. The molecule has 0 radical (unpaired) electrons. The van der Waals surface area contributed by atoms with E-state index < -0.39 is 0 Å². The Hall–Kier alpha value is -1.24. The van der Waals surface area contributed by atoms with E-state index in [4.69, 9.17) is 0 Å². The van der Waals surface area contributed by atoms with Crippen LogP contribution in [0.25, 0.3) is 0 Å². The van der Waals surface area contributed by atoms with Gasteiger partial charge in [-0.1, -0.05) is 22.0 Å². The molecule has 3 rings (SSSR count). The van der Waals surface area contributed by atoms with Gasteiger partial charge in [-0.05, 0) is 12.1 Å². The summed E-state index contributed by atoms with van der Waals surface area (Å²) in [7, 11) is 1.99. The number of piperazine rings is 1. The zero-order valence-corrected chi connectivity index (χ0v) is 13.5. The Morgan fingerprint density at radius 3 is 3.05 bits per heavy atom. The van der Waals surface area contributed by atoms with Crippen molar-refractivity contribution in [3.05, 3.63) is 52.3 Å². The van der Waals surface area contributed by atoms with Crippen molar-refractivity contribution in [1.29, 1.82) is 0 Å². The molecule has 0 amide bonds. The number of imidazole rings is 1. The van der Waals surface area contributed by atoms with Gasteiger partial charge >= 0.3 is 0 Å². The molecule has 1 aliphatic rings. The molecular formula is C15H18BrFN4. The Morgan fingerprint density at radius 2 is 2.33 bits per heavy atom. The second-order valence-electron chi connectivity index (χ2n) is 5.29. The smallest absolute Gasteiger partial charge is 0.128 e. The second kappa shape index (κ2) is 6.25. The first-order chi connectivity index (χ1) is 10.2. The topological polar surface area (TPSA) is 33.1 Å². The molecule has 4 nitrogen and oxygen atoms in total. The van der Waals surface area contributed by atoms with E-state index in [-0.39, 0.29) is 11.9 Å². The maximum absolute atomic E-state index is 14.1. The number of rotatable bonds is 3. The molecule has 6 heteroatoms. The summed E-state index contributed by atoms with van der Waals surface area (Å²) in [4.78, 5) is 6.73. The van der Waals surface area contributed by atoms with Crippen LogP contribution in [0.5, 0.6) is 0 Å². The number of benzene rings is 1. The van der Waals surface area contributed by atoms with Crippen molar-refractivity contribution in [2.75, 3.05) is 19.6 Å². The van der Waals surface area contributed by atoms with Crippen molar-refractivity contribution >= 4 is 15.9 Å². The Bertz CT molecular complexity index is 608. The number of nitrogens with zero attached hydrogens (tertiary/aromatic N) is 3. The highest BCUT2D eigenvalue weighted by Crippen LogP contribution is 2.27. The summed E-state index contributed by atoms with van der Waals surface area (Å²) >= 11 is 3.45. The number of halogens is 2. The van der Waals surface area contributed by atoms with Crippen molar-refractivity contribution in [2.24, 2.45) is 7.05 Å². The second-order valence-corrected chi connectivity index (χ2v) is 6.14. The summed E-state index contributed by atoms with van der Waals surface area (Å²) in [6, 6.07) is 5.27. The van der Waals surface area contributed by atoms with Gasteiger partial charge in [0.2, 0.25) is 0 Å². The fourth-order valence-electron chi connectivity index (χ4n) is 2.77. The molecule has 0 aliphatic carbocycles. The number of hydrogen-bond acceptors (Lipinski definition) is 3. The first kappa shape index (κ1) is 14.7. The summed E-state index contributed by atoms with van der Waals surface area (Å²) in [6.45, 7) is 3.19. The van der Waals surface area contributed by atoms with Gasteiger partial charge in [-0.2, -0.15) is 0 Å². The van der Waals surface area contributed by atoms with Gasteiger partial charge in [0.1, 0.15) is 11.6 Å². The standard InChI is InChI=1S/C15H18BrFN4/c1-20-7-6-19-15(20)14-9-18-5-8-21(14)10-11-12(16)3-2-4-13(11)17/h2-4,6-7,14,18H,5,8-10H2,1H3. The van der Waals surface area contributed by atoms with E-state index in [1.54, 1.807) is 12.3 Å². The first-order valence-corrected chi connectivity index (χ1v) is 7.81. The molecule has 1 unspecified atom stereocenters. The van der Waals surface area contributed by atoms with Crippen LogP contribution >= 0.6 is 15.9 Å². The Kier molecular flexibility index (Phi) is 4.37. The van der Waals surface area contributed by atoms with Crippen LogP contribution in [0.15, 0.2) is 35.1 Å². The molecule has 2 aromatic rings. The molecule has 2 heterocycles. The number of aromatic nitrogens is 2. The van der Waals surface area contributed by atoms with Crippen molar-refractivity contribution < 1.29 is 4.39 Å². The number of aryl methyl sites for hydroxylation is 1. The summed E-state index contributed by atoms with van der Waals surface area (Å²) in [5.41, 5.74) is 0.707. The zero-order chi connectivity index (χ0) is 14.8. The van der Waals surface area contributed by atoms with Gasteiger partial charge in [0.25, 0.3) is 0 Å². The third-order valence-electron chi connectivity index (χ3n) is 3.93. The van der Waals surface area contributed by atoms with Gasteiger partial charge in [-0.15, -0.1) is 0 Å². The highest BCUT2D eigenvalue weighted by Gasteiger charge is 2.27. The first-order valence-electron chi connectivity index (χ1n) is 7.01. The van der Waals surface area contributed by atoms with Crippen molar-refractivity contribution in [3.8, 4) is 0 Å². The maximum atomic E-state index is 14.1. The van der Waals surface area contributed by atoms with Gasteiger partial charge in [0, 0.05) is 55.7 Å². The van der Waals surface area contributed by atoms with E-state index >= 15 is 0 Å². The molecule has 1 aromatic heterocycles. The maximum Gasteiger partial charge on any atom is 0.128 e. The molecule has 1 fully saturated rings. The average molecular weight is 353 g/mol. The molecule has 112 valence electrons. The predicted octanol–water partition coefficient (Wildman–Crippen LogP) is 2.47. The predicted molar refractivity (Wildman–Crippen MR) is 83.3 cm³/mol. The van der Waals surface area contributed by atoms with E-state index in [0.29, 0.717) is 12.1 Å². The van der Waals surface area contributed by atoms with Gasteiger partial charge in [-0.25, -0.2) is 9.37 Å². The van der Waals surface area contributed by atoms with E-state index in [1.807, 2.05) is 23.9 Å². The largest absolute Gasteiger partial charge is 0.337 e. The van der Waals surface area contributed by atoms with Crippen LogP contribution in [0.1, 0.15) is 17.4 Å². The molecule has 1 atom stereocenters. The molecule has 21 heavy (non-hydrogen) atoms. The molecular weight excluding hydrogens is 335 g/mol. The SMILES string of the molecule is Cn1ccnc1C1CNCCN1Cc1c(F)cccc1Br. The van der Waals surface area contributed by atoms with Crippen LogP contribution in [0.2, 0.25) is 0 Å². The van der Waals surface area contributed by atoms with Gasteiger partial charge in [-0.3, -0.25) is 4.90 Å². The molecule has 0 bridgehead atoms. The zero-order valence-electron chi connectivity index (χ0n) is 11.9. The summed E-state index contributed by atoms with van der Waals surface area (Å²) in [5, 5.41) is 3.39. The lowest BCUT2D eigenvalue weighted by molar-refractivity contribution is 0.143. The number of hydrogen-bond donors (Lipinski definition) is 1. The quantitative estimate of drug-likeness (QED) is 0.920. The summed E-state index contributed by atoms with van der Waals surface area (Å²) in [6.07, 6.45) is 3.75. The third-order valence-corrected chi connectivity index (χ3v) is 4.68. The van der Waals surface area contributed by atoms with Crippen LogP contribution in [0, 0.1) is 5.82 Å². The Morgan fingerprint density at radius 1 is 1.48 bits per heavy atom. The molecule has 0 saturated carbocycles. The van der Waals surface area contributed by atoms with Crippen LogP contribution in [-0.4, -0.2) is 34.1 Å². The van der Waals surface area contributed by atoms with Gasteiger partial charge in [0.05, 0.1) is 6.04 Å². The van der Waals surface area contributed by atoms with Crippen molar-refractivity contribution in [3.63, 3.8) is 0 Å². The lowest BCUT2D eigenvalue weighted by Gasteiger charge is -2.36. The normalized spacial score (nSPS) is 19.9. The van der Waals surface area contributed by atoms with Crippen LogP contribution in [0.3, 0.4) is 0 Å². The molecule has 1 N–H and O–H groups in total. The molecule has 0 spiro atoms. The van der Waals surface area contributed by atoms with E-state index in [2.05, 4.69) is 31.1 Å². The average Bonchev–Trinajstić information content (AvgIpc) is 2.90. The Balaban J connectivity index is 1.87.